The predicted octanol–water partition coefficient (Wildman–Crippen LogP) is 15.7. The molecule has 0 amide bonds. The maximum atomic E-state index is 10.1. The number of nitriles is 1. The van der Waals surface area contributed by atoms with Crippen molar-refractivity contribution in [3.05, 3.63) is 258 Å². The van der Waals surface area contributed by atoms with Gasteiger partial charge in [-0.05, 0) is 133 Å². The van der Waals surface area contributed by atoms with Crippen LogP contribution in [0.2, 0.25) is 0 Å². The average molecular weight is 801 g/mol. The number of nitrogens with zero attached hydrogens (tertiary/aromatic N) is 4. The van der Waals surface area contributed by atoms with E-state index in [0.717, 1.165) is 44.9 Å². The van der Waals surface area contributed by atoms with Crippen LogP contribution in [0.4, 0.5) is 39.8 Å². The Bertz CT molecular complexity index is 3510. The van der Waals surface area contributed by atoms with E-state index in [-0.39, 0.29) is 0 Å². The number of fused-ring (bicyclic) bond motifs is 14. The Morgan fingerprint density at radius 2 is 1.02 bits per heavy atom. The van der Waals surface area contributed by atoms with Gasteiger partial charge in [-0.3, -0.25) is 0 Å². The molecular formula is C59H36N4. The van der Waals surface area contributed by atoms with E-state index in [1.165, 1.54) is 55.3 Å². The van der Waals surface area contributed by atoms with Crippen molar-refractivity contribution in [1.82, 2.24) is 0 Å². The molecule has 10 aromatic rings. The minimum absolute atomic E-state index is 0.598. The van der Waals surface area contributed by atoms with E-state index in [4.69, 9.17) is 6.57 Å². The third-order valence-electron chi connectivity index (χ3n) is 13.0. The lowest BCUT2D eigenvalue weighted by atomic mass is 9.69. The maximum absolute atomic E-state index is 10.1. The van der Waals surface area contributed by atoms with Crippen molar-refractivity contribution in [3.63, 3.8) is 0 Å². The molecule has 0 aromatic heterocycles. The van der Waals surface area contributed by atoms with Gasteiger partial charge in [0.15, 0.2) is 5.69 Å². The minimum atomic E-state index is -0.655. The summed E-state index contributed by atoms with van der Waals surface area (Å²) in [6.45, 7) is 7.79. The van der Waals surface area contributed by atoms with Gasteiger partial charge in [0, 0.05) is 33.8 Å². The van der Waals surface area contributed by atoms with E-state index in [1.807, 2.05) is 48.5 Å². The van der Waals surface area contributed by atoms with Crippen LogP contribution >= 0.6 is 0 Å². The molecule has 10 aromatic carbocycles. The van der Waals surface area contributed by atoms with E-state index < -0.39 is 5.41 Å². The van der Waals surface area contributed by atoms with E-state index in [2.05, 4.69) is 191 Å². The Labute approximate surface area is 366 Å². The monoisotopic (exact) mass is 800 g/mol. The van der Waals surface area contributed by atoms with Crippen molar-refractivity contribution in [2.24, 2.45) is 0 Å². The highest BCUT2D eigenvalue weighted by atomic mass is 15.1. The van der Waals surface area contributed by atoms with Crippen molar-refractivity contribution in [3.8, 4) is 28.3 Å². The molecule has 0 aliphatic heterocycles. The normalized spacial score (nSPS) is 12.5. The van der Waals surface area contributed by atoms with Crippen LogP contribution in [0.15, 0.2) is 218 Å². The molecule has 63 heavy (non-hydrogen) atoms. The highest BCUT2D eigenvalue weighted by molar-refractivity contribution is 6.15. The molecule has 0 N–H and O–H groups in total. The third-order valence-corrected chi connectivity index (χ3v) is 13.0. The zero-order valence-electron chi connectivity index (χ0n) is 34.1. The Morgan fingerprint density at radius 1 is 0.429 bits per heavy atom. The largest absolute Gasteiger partial charge is 0.312 e. The van der Waals surface area contributed by atoms with Gasteiger partial charge in [0.1, 0.15) is 0 Å². The van der Waals surface area contributed by atoms with Crippen molar-refractivity contribution < 1.29 is 0 Å². The summed E-state index contributed by atoms with van der Waals surface area (Å²) in [7, 11) is 0. The molecule has 1 spiro atoms. The topological polar surface area (TPSA) is 34.6 Å². The molecule has 2 aliphatic carbocycles. The molecule has 4 nitrogen and oxygen atoms in total. The van der Waals surface area contributed by atoms with Crippen LogP contribution in [0.25, 0.3) is 48.6 Å². The Kier molecular flexibility index (Phi) is 8.16. The second-order valence-electron chi connectivity index (χ2n) is 16.2. The van der Waals surface area contributed by atoms with Crippen LogP contribution < -0.4 is 9.80 Å². The zero-order valence-corrected chi connectivity index (χ0v) is 34.1. The van der Waals surface area contributed by atoms with Crippen LogP contribution in [0.5, 0.6) is 0 Å². The molecule has 2 aliphatic rings. The number of benzene rings is 10. The molecule has 4 heteroatoms. The number of para-hydroxylation sites is 2. The van der Waals surface area contributed by atoms with Crippen LogP contribution in [0.3, 0.4) is 0 Å². The molecule has 12 rings (SSSR count). The van der Waals surface area contributed by atoms with Gasteiger partial charge in [0.25, 0.3) is 0 Å². The number of anilines is 6. The number of hydrogen-bond donors (Lipinski definition) is 0. The lowest BCUT2D eigenvalue weighted by Crippen LogP contribution is -2.26. The first-order valence-corrected chi connectivity index (χ1v) is 21.2. The molecule has 0 unspecified atom stereocenters. The summed E-state index contributed by atoms with van der Waals surface area (Å²) in [6, 6.07) is 79.8. The predicted molar refractivity (Wildman–Crippen MR) is 258 cm³/mol. The molecule has 0 fully saturated rings. The molecule has 292 valence electrons. The van der Waals surface area contributed by atoms with E-state index >= 15 is 0 Å². The van der Waals surface area contributed by atoms with Crippen LogP contribution in [-0.2, 0) is 5.41 Å². The van der Waals surface area contributed by atoms with Crippen LogP contribution in [0, 0.1) is 17.9 Å². The van der Waals surface area contributed by atoms with Gasteiger partial charge >= 0.3 is 0 Å². The summed E-state index contributed by atoms with van der Waals surface area (Å²) >= 11 is 0. The van der Waals surface area contributed by atoms with Gasteiger partial charge in [0.2, 0.25) is 0 Å². The van der Waals surface area contributed by atoms with Crippen molar-refractivity contribution >= 4 is 61.4 Å². The average Bonchev–Trinajstić information content (AvgIpc) is 3.82. The fraction of sp³-hybridized carbons (Fsp3) is 0.0169. The smallest absolute Gasteiger partial charge is 0.189 e. The van der Waals surface area contributed by atoms with Gasteiger partial charge in [-0.25, -0.2) is 4.85 Å². The van der Waals surface area contributed by atoms with Crippen LogP contribution in [0.1, 0.15) is 27.8 Å². The summed E-state index contributed by atoms with van der Waals surface area (Å²) in [4.78, 5) is 8.33. The van der Waals surface area contributed by atoms with Crippen LogP contribution in [-0.4, -0.2) is 0 Å². The van der Waals surface area contributed by atoms with Gasteiger partial charge in [-0.1, -0.05) is 146 Å². The van der Waals surface area contributed by atoms with E-state index in [0.29, 0.717) is 11.3 Å². The number of rotatable bonds is 6. The summed E-state index contributed by atoms with van der Waals surface area (Å²) in [5.74, 6) is 0. The second-order valence-corrected chi connectivity index (χ2v) is 16.2. The quantitative estimate of drug-likeness (QED) is 0.157. The molecule has 0 saturated heterocycles. The highest BCUT2D eigenvalue weighted by Gasteiger charge is 2.53. The molecule has 0 saturated carbocycles. The molecule has 0 radical (unpaired) electrons. The second kappa shape index (κ2) is 14.2. The van der Waals surface area contributed by atoms with E-state index in [1.54, 1.807) is 0 Å². The van der Waals surface area contributed by atoms with Crippen molar-refractivity contribution in [2.45, 2.75) is 5.41 Å². The first-order valence-electron chi connectivity index (χ1n) is 21.2. The molecular weight excluding hydrogens is 765 g/mol. The number of hydrogen-bond acceptors (Lipinski definition) is 3. The zero-order chi connectivity index (χ0) is 42.1. The van der Waals surface area contributed by atoms with Gasteiger partial charge in [-0.2, -0.15) is 5.26 Å². The summed E-state index contributed by atoms with van der Waals surface area (Å²) in [6.07, 6.45) is 0. The SMILES string of the molecule is [C-]#[N+]c1cccc(N(c2ccccc2)c2ccc3c4c(ccc3c2)-c2c(cc(N(c3ccccc3)c3cccc(C#N)c3)c3ccccc23)C42c3ccccc3-c3ccccc32)c1. The van der Waals surface area contributed by atoms with E-state index in [9.17, 15) is 5.26 Å². The van der Waals surface area contributed by atoms with Gasteiger partial charge in [-0.15, -0.1) is 0 Å². The summed E-state index contributed by atoms with van der Waals surface area (Å²) < 4.78 is 0. The Balaban J connectivity index is 1.18. The highest BCUT2D eigenvalue weighted by Crippen LogP contribution is 2.66. The van der Waals surface area contributed by atoms with Gasteiger partial charge in [0.05, 0.1) is 29.3 Å². The summed E-state index contributed by atoms with van der Waals surface area (Å²) in [5.41, 5.74) is 16.5. The fourth-order valence-corrected chi connectivity index (χ4v) is 10.6. The van der Waals surface area contributed by atoms with Crippen molar-refractivity contribution in [1.29, 1.82) is 5.26 Å². The lowest BCUT2D eigenvalue weighted by Gasteiger charge is -2.33. The Hall–Kier alpha value is -8.70. The third kappa shape index (κ3) is 5.33. The fourth-order valence-electron chi connectivity index (χ4n) is 10.6. The maximum Gasteiger partial charge on any atom is 0.189 e. The first kappa shape index (κ1) is 36.2. The lowest BCUT2D eigenvalue weighted by molar-refractivity contribution is 0.802. The van der Waals surface area contributed by atoms with Gasteiger partial charge < -0.3 is 9.80 Å². The van der Waals surface area contributed by atoms with Crippen molar-refractivity contribution in [2.75, 3.05) is 9.80 Å². The molecule has 0 bridgehead atoms. The Morgan fingerprint density at radius 3 is 1.71 bits per heavy atom. The summed E-state index contributed by atoms with van der Waals surface area (Å²) in [5, 5.41) is 14.7. The molecule has 0 atom stereocenters. The first-order chi connectivity index (χ1) is 31.2. The minimum Gasteiger partial charge on any atom is -0.312 e. The standard InChI is InChI=1S/C59H36N4/c1-61-41-17-15-23-45(36-41)62(42-18-4-2-5-19-42)46-31-33-47-40(35-46)30-32-52-57-51-27-9-8-26-50(51)56(63(43-20-6-3-7-21-43)44-22-14-16-39(34-44)38-60)37-55(57)59(58(47)52)53-28-12-10-24-48(53)49-25-11-13-29-54(49)59/h2-37H. The molecule has 0 heterocycles.